The minimum absolute atomic E-state index is 0.142. The summed E-state index contributed by atoms with van der Waals surface area (Å²) in [6.45, 7) is 0. The average molecular weight is 304 g/mol. The summed E-state index contributed by atoms with van der Waals surface area (Å²) in [5.74, 6) is -0.137. The van der Waals surface area contributed by atoms with E-state index in [0.717, 1.165) is 25.5 Å². The van der Waals surface area contributed by atoms with Crippen molar-refractivity contribution in [1.29, 1.82) is 0 Å². The van der Waals surface area contributed by atoms with Gasteiger partial charge in [0.1, 0.15) is 9.84 Å². The number of nitrogens with one attached hydrogen (secondary N) is 1. The molecule has 17 heavy (non-hydrogen) atoms. The minimum atomic E-state index is -3.53. The Morgan fingerprint density at radius 2 is 1.82 bits per heavy atom. The van der Waals surface area contributed by atoms with E-state index in [-0.39, 0.29) is 23.5 Å². The summed E-state index contributed by atoms with van der Waals surface area (Å²) in [5, 5.41) is 0. The molecular weight excluding hydrogens is 286 g/mol. The van der Waals surface area contributed by atoms with Gasteiger partial charge in [0.2, 0.25) is 10.0 Å². The van der Waals surface area contributed by atoms with E-state index in [4.69, 9.17) is 11.6 Å². The Balaban J connectivity index is 2.55. The summed E-state index contributed by atoms with van der Waals surface area (Å²) in [6, 6.07) is -0.142. The van der Waals surface area contributed by atoms with Gasteiger partial charge in [-0.2, -0.15) is 0 Å². The van der Waals surface area contributed by atoms with Crippen LogP contribution in [0.4, 0.5) is 0 Å². The molecule has 1 rings (SSSR count). The number of hydrogen-bond donors (Lipinski definition) is 1. The molecule has 0 aliphatic heterocycles. The molecule has 1 saturated carbocycles. The maximum absolute atomic E-state index is 11.7. The molecule has 0 aromatic rings. The van der Waals surface area contributed by atoms with Gasteiger partial charge in [-0.15, -0.1) is 11.6 Å². The molecule has 0 spiro atoms. The second-order valence-corrected chi connectivity index (χ2v) is 8.96. The quantitative estimate of drug-likeness (QED) is 0.718. The van der Waals surface area contributed by atoms with Crippen LogP contribution in [0.25, 0.3) is 0 Å². The van der Waals surface area contributed by atoms with E-state index < -0.39 is 19.9 Å². The topological polar surface area (TPSA) is 80.3 Å². The summed E-state index contributed by atoms with van der Waals surface area (Å²) in [6.07, 6.45) is 3.68. The van der Waals surface area contributed by atoms with E-state index >= 15 is 0 Å². The molecule has 0 heterocycles. The fraction of sp³-hybridized carbons (Fsp3) is 1.00. The fourth-order valence-electron chi connectivity index (χ4n) is 1.93. The van der Waals surface area contributed by atoms with Gasteiger partial charge in [0, 0.05) is 18.2 Å². The van der Waals surface area contributed by atoms with Crippen LogP contribution in [-0.2, 0) is 19.9 Å². The first-order valence-corrected chi connectivity index (χ1v) is 9.72. The van der Waals surface area contributed by atoms with Crippen molar-refractivity contribution in [2.24, 2.45) is 5.92 Å². The first kappa shape index (κ1) is 15.2. The zero-order valence-electron chi connectivity index (χ0n) is 9.72. The molecule has 2 atom stereocenters. The summed E-state index contributed by atoms with van der Waals surface area (Å²) < 4.78 is 47.7. The van der Waals surface area contributed by atoms with E-state index in [1.807, 2.05) is 0 Å². The summed E-state index contributed by atoms with van der Waals surface area (Å²) in [4.78, 5) is 0. The third-order valence-corrected chi connectivity index (χ3v) is 5.92. The van der Waals surface area contributed by atoms with E-state index in [2.05, 4.69) is 4.72 Å². The van der Waals surface area contributed by atoms with Gasteiger partial charge in [-0.1, -0.05) is 6.42 Å². The highest BCUT2D eigenvalue weighted by Gasteiger charge is 2.30. The lowest BCUT2D eigenvalue weighted by atomic mass is 10.1. The molecule has 102 valence electrons. The lowest BCUT2D eigenvalue weighted by Crippen LogP contribution is -2.40. The van der Waals surface area contributed by atoms with Crippen molar-refractivity contribution in [2.75, 3.05) is 23.6 Å². The number of sulfone groups is 1. The Kier molecular flexibility index (Phi) is 5.24. The molecular formula is C9H18ClNO4S2. The Morgan fingerprint density at radius 1 is 1.18 bits per heavy atom. The van der Waals surface area contributed by atoms with Crippen molar-refractivity contribution in [1.82, 2.24) is 4.72 Å². The molecule has 1 aliphatic carbocycles. The predicted octanol–water partition coefficient (Wildman–Crippen LogP) is 0.358. The molecule has 1 fully saturated rings. The summed E-state index contributed by atoms with van der Waals surface area (Å²) in [7, 11) is -6.78. The number of hydrogen-bond acceptors (Lipinski definition) is 4. The van der Waals surface area contributed by atoms with Crippen LogP contribution in [0.3, 0.4) is 0 Å². The molecule has 5 nitrogen and oxygen atoms in total. The molecule has 0 aromatic heterocycles. The van der Waals surface area contributed by atoms with Crippen molar-refractivity contribution < 1.29 is 16.8 Å². The molecule has 0 amide bonds. The first-order chi connectivity index (χ1) is 7.73. The average Bonchev–Trinajstić information content (AvgIpc) is 2.61. The largest absolute Gasteiger partial charge is 0.229 e. The predicted molar refractivity (Wildman–Crippen MR) is 68.5 cm³/mol. The van der Waals surface area contributed by atoms with Gasteiger partial charge in [0.15, 0.2) is 0 Å². The Bertz CT molecular complexity index is 446. The molecule has 0 bridgehead atoms. The number of sulfonamides is 1. The standard InChI is InChI=1S/C9H18ClNO4S2/c1-16(12,13)5-6-17(14,15)11-9-4-2-3-8(9)7-10/h8-9,11H,2-7H2,1H3. The van der Waals surface area contributed by atoms with Crippen LogP contribution in [0.5, 0.6) is 0 Å². The van der Waals surface area contributed by atoms with Crippen LogP contribution in [0.2, 0.25) is 0 Å². The van der Waals surface area contributed by atoms with Gasteiger partial charge in [0.05, 0.1) is 11.5 Å². The Labute approximate surface area is 108 Å². The summed E-state index contributed by atoms with van der Waals surface area (Å²) >= 11 is 5.75. The van der Waals surface area contributed by atoms with E-state index in [0.29, 0.717) is 5.88 Å². The van der Waals surface area contributed by atoms with Gasteiger partial charge in [-0.3, -0.25) is 0 Å². The normalized spacial score (nSPS) is 26.2. The molecule has 0 radical (unpaired) electrons. The van der Waals surface area contributed by atoms with E-state index in [1.54, 1.807) is 0 Å². The van der Waals surface area contributed by atoms with Crippen molar-refractivity contribution in [3.8, 4) is 0 Å². The lowest BCUT2D eigenvalue weighted by molar-refractivity contribution is 0.481. The number of rotatable bonds is 6. The highest BCUT2D eigenvalue weighted by atomic mass is 35.5. The van der Waals surface area contributed by atoms with Crippen LogP contribution >= 0.6 is 11.6 Å². The van der Waals surface area contributed by atoms with Crippen molar-refractivity contribution in [2.45, 2.75) is 25.3 Å². The minimum Gasteiger partial charge on any atom is -0.229 e. The third-order valence-electron chi connectivity index (χ3n) is 2.91. The van der Waals surface area contributed by atoms with Crippen LogP contribution < -0.4 is 4.72 Å². The van der Waals surface area contributed by atoms with Crippen molar-refractivity contribution in [3.05, 3.63) is 0 Å². The van der Waals surface area contributed by atoms with Crippen LogP contribution in [-0.4, -0.2) is 46.5 Å². The first-order valence-electron chi connectivity index (χ1n) is 5.47. The molecule has 2 unspecified atom stereocenters. The SMILES string of the molecule is CS(=O)(=O)CCS(=O)(=O)NC1CCCC1CCl. The smallest absolute Gasteiger partial charge is 0.212 e. The van der Waals surface area contributed by atoms with E-state index in [9.17, 15) is 16.8 Å². The molecule has 1 N–H and O–H groups in total. The van der Waals surface area contributed by atoms with Gasteiger partial charge < -0.3 is 0 Å². The number of alkyl halides is 1. The second kappa shape index (κ2) is 5.86. The molecule has 1 aliphatic rings. The molecule has 0 saturated heterocycles. The van der Waals surface area contributed by atoms with E-state index in [1.165, 1.54) is 0 Å². The summed E-state index contributed by atoms with van der Waals surface area (Å²) in [5.41, 5.74) is 0. The zero-order chi connectivity index (χ0) is 13.1. The van der Waals surface area contributed by atoms with Crippen LogP contribution in [0, 0.1) is 5.92 Å². The molecule has 0 aromatic carbocycles. The second-order valence-electron chi connectivity index (χ2n) is 4.52. The number of halogens is 1. The van der Waals surface area contributed by atoms with Crippen molar-refractivity contribution >= 4 is 31.5 Å². The highest BCUT2D eigenvalue weighted by molar-refractivity contribution is 7.93. The maximum atomic E-state index is 11.7. The highest BCUT2D eigenvalue weighted by Crippen LogP contribution is 2.27. The lowest BCUT2D eigenvalue weighted by Gasteiger charge is -2.18. The van der Waals surface area contributed by atoms with Crippen molar-refractivity contribution in [3.63, 3.8) is 0 Å². The van der Waals surface area contributed by atoms with Gasteiger partial charge >= 0.3 is 0 Å². The molecule has 8 heteroatoms. The fourth-order valence-corrected chi connectivity index (χ4v) is 5.27. The van der Waals surface area contributed by atoms with Crippen LogP contribution in [0.1, 0.15) is 19.3 Å². The third kappa shape index (κ3) is 5.54. The monoisotopic (exact) mass is 303 g/mol. The van der Waals surface area contributed by atoms with Gasteiger partial charge in [-0.25, -0.2) is 21.6 Å². The zero-order valence-corrected chi connectivity index (χ0v) is 12.1. The Morgan fingerprint density at radius 3 is 2.35 bits per heavy atom. The Hall–Kier alpha value is 0.150. The maximum Gasteiger partial charge on any atom is 0.212 e. The van der Waals surface area contributed by atoms with Gasteiger partial charge in [-0.05, 0) is 18.8 Å². The van der Waals surface area contributed by atoms with Gasteiger partial charge in [0.25, 0.3) is 0 Å². The van der Waals surface area contributed by atoms with Crippen LogP contribution in [0.15, 0.2) is 0 Å².